The number of carbonyl (C=O) groups excluding carboxylic acids is 2. The number of hydrogen-bond acceptors (Lipinski definition) is 3. The van der Waals surface area contributed by atoms with Crippen molar-refractivity contribution in [3.05, 3.63) is 54.1 Å². The van der Waals surface area contributed by atoms with Gasteiger partial charge in [0.05, 0.1) is 6.54 Å². The van der Waals surface area contributed by atoms with Gasteiger partial charge < -0.3 is 14.4 Å². The fourth-order valence-electron chi connectivity index (χ4n) is 3.57. The molecule has 2 aromatic rings. The van der Waals surface area contributed by atoms with Gasteiger partial charge in [0.15, 0.2) is 0 Å². The molecule has 4 rings (SSSR count). The van der Waals surface area contributed by atoms with E-state index < -0.39 is 6.04 Å². The fraction of sp³-hybridized carbons (Fsp3) is 0.389. The Morgan fingerprint density at radius 3 is 2.79 bits per heavy atom. The molecule has 2 aliphatic heterocycles. The zero-order chi connectivity index (χ0) is 16.5. The van der Waals surface area contributed by atoms with Gasteiger partial charge in [0.2, 0.25) is 5.91 Å². The topological polar surface area (TPSA) is 58.4 Å². The molecule has 0 N–H and O–H groups in total. The van der Waals surface area contributed by atoms with Crippen LogP contribution in [0.4, 0.5) is 0 Å². The number of amides is 2. The first kappa shape index (κ1) is 14.9. The molecule has 1 atom stereocenters. The summed E-state index contributed by atoms with van der Waals surface area (Å²) >= 11 is 0. The molecule has 4 heterocycles. The lowest BCUT2D eigenvalue weighted by atomic mass is 10.1. The second-order valence-electron chi connectivity index (χ2n) is 6.39. The predicted molar refractivity (Wildman–Crippen MR) is 88.1 cm³/mol. The first-order valence-electron chi connectivity index (χ1n) is 8.38. The highest BCUT2D eigenvalue weighted by atomic mass is 16.2. The highest BCUT2D eigenvalue weighted by molar-refractivity contribution is 5.97. The van der Waals surface area contributed by atoms with E-state index in [1.807, 2.05) is 39.9 Å². The smallest absolute Gasteiger partial charge is 0.271 e. The summed E-state index contributed by atoms with van der Waals surface area (Å²) in [6.07, 6.45) is 7.42. The largest absolute Gasteiger partial charge is 0.341 e. The van der Waals surface area contributed by atoms with Crippen LogP contribution < -0.4 is 0 Å². The van der Waals surface area contributed by atoms with Crippen molar-refractivity contribution in [2.45, 2.75) is 32.0 Å². The van der Waals surface area contributed by atoms with Crippen molar-refractivity contribution in [1.82, 2.24) is 19.4 Å². The Kier molecular flexibility index (Phi) is 3.80. The first-order valence-corrected chi connectivity index (χ1v) is 8.38. The summed E-state index contributed by atoms with van der Waals surface area (Å²) < 4.78 is 1.89. The molecule has 0 bridgehead atoms. The van der Waals surface area contributed by atoms with E-state index in [0.29, 0.717) is 18.8 Å². The Hall–Kier alpha value is -2.63. The second-order valence-corrected chi connectivity index (χ2v) is 6.39. The number of likely N-dealkylation sites (tertiary alicyclic amines) is 1. The van der Waals surface area contributed by atoms with Crippen LogP contribution in [0.25, 0.3) is 0 Å². The maximum absolute atomic E-state index is 13.0. The summed E-state index contributed by atoms with van der Waals surface area (Å²) in [4.78, 5) is 33.6. The SMILES string of the molecule is O=C(C1Cn2cccc2C(=O)N1Cc1cccnc1)N1CCCC1. The quantitative estimate of drug-likeness (QED) is 0.860. The predicted octanol–water partition coefficient (Wildman–Crippen LogP) is 1.53. The average Bonchev–Trinajstić information content (AvgIpc) is 3.29. The van der Waals surface area contributed by atoms with Gasteiger partial charge in [-0.1, -0.05) is 6.07 Å². The molecule has 0 spiro atoms. The molecule has 0 saturated carbocycles. The van der Waals surface area contributed by atoms with Gasteiger partial charge in [0, 0.05) is 38.2 Å². The van der Waals surface area contributed by atoms with E-state index in [2.05, 4.69) is 4.98 Å². The van der Waals surface area contributed by atoms with Crippen molar-refractivity contribution in [3.63, 3.8) is 0 Å². The molecule has 124 valence electrons. The van der Waals surface area contributed by atoms with Crippen LogP contribution in [0.1, 0.15) is 28.9 Å². The van der Waals surface area contributed by atoms with E-state index in [0.717, 1.165) is 31.5 Å². The first-order chi connectivity index (χ1) is 11.7. The van der Waals surface area contributed by atoms with Crippen LogP contribution >= 0.6 is 0 Å². The highest BCUT2D eigenvalue weighted by Gasteiger charge is 2.39. The summed E-state index contributed by atoms with van der Waals surface area (Å²) in [5, 5.41) is 0. The minimum atomic E-state index is -0.448. The molecule has 2 amide bonds. The Balaban J connectivity index is 1.66. The van der Waals surface area contributed by atoms with E-state index in [9.17, 15) is 9.59 Å². The molecule has 24 heavy (non-hydrogen) atoms. The molecule has 1 fully saturated rings. The van der Waals surface area contributed by atoms with Crippen molar-refractivity contribution in [2.24, 2.45) is 0 Å². The van der Waals surface area contributed by atoms with Crippen molar-refractivity contribution < 1.29 is 9.59 Å². The van der Waals surface area contributed by atoms with Crippen molar-refractivity contribution in [1.29, 1.82) is 0 Å². The standard InChI is InChI=1S/C18H20N4O2/c23-17(20-8-1-2-9-20)16-13-21-10-4-6-15(21)18(24)22(16)12-14-5-3-7-19-11-14/h3-7,10-11,16H,1-2,8-9,12-13H2. The van der Waals surface area contributed by atoms with Gasteiger partial charge >= 0.3 is 0 Å². The number of pyridine rings is 1. The van der Waals surface area contributed by atoms with E-state index in [-0.39, 0.29) is 11.8 Å². The van der Waals surface area contributed by atoms with Gasteiger partial charge in [-0.25, -0.2) is 0 Å². The lowest BCUT2D eigenvalue weighted by Gasteiger charge is -2.37. The van der Waals surface area contributed by atoms with Gasteiger partial charge in [-0.2, -0.15) is 0 Å². The van der Waals surface area contributed by atoms with Crippen molar-refractivity contribution in [3.8, 4) is 0 Å². The van der Waals surface area contributed by atoms with Crippen molar-refractivity contribution in [2.75, 3.05) is 13.1 Å². The minimum Gasteiger partial charge on any atom is -0.341 e. The van der Waals surface area contributed by atoms with E-state index in [1.165, 1.54) is 0 Å². The Morgan fingerprint density at radius 1 is 1.21 bits per heavy atom. The second kappa shape index (κ2) is 6.11. The minimum absolute atomic E-state index is 0.0593. The lowest BCUT2D eigenvalue weighted by Crippen LogP contribution is -2.55. The zero-order valence-corrected chi connectivity index (χ0v) is 13.5. The Bertz CT molecular complexity index is 749. The van der Waals surface area contributed by atoms with E-state index in [4.69, 9.17) is 0 Å². The van der Waals surface area contributed by atoms with Crippen LogP contribution in [-0.2, 0) is 17.9 Å². The average molecular weight is 324 g/mol. The van der Waals surface area contributed by atoms with Crippen LogP contribution in [0.3, 0.4) is 0 Å². The summed E-state index contributed by atoms with van der Waals surface area (Å²) in [5.74, 6) is -0.0308. The van der Waals surface area contributed by atoms with Gasteiger partial charge in [0.25, 0.3) is 5.91 Å². The molecular formula is C18H20N4O2. The normalized spacial score (nSPS) is 20.3. The van der Waals surface area contributed by atoms with Crippen LogP contribution in [-0.4, -0.2) is 50.3 Å². The van der Waals surface area contributed by atoms with Crippen LogP contribution in [0.15, 0.2) is 42.9 Å². The van der Waals surface area contributed by atoms with Gasteiger partial charge in [-0.15, -0.1) is 0 Å². The van der Waals surface area contributed by atoms with E-state index >= 15 is 0 Å². The monoisotopic (exact) mass is 324 g/mol. The molecule has 2 aromatic heterocycles. The molecule has 0 aliphatic carbocycles. The highest BCUT2D eigenvalue weighted by Crippen LogP contribution is 2.23. The molecular weight excluding hydrogens is 304 g/mol. The van der Waals surface area contributed by atoms with Gasteiger partial charge in [0.1, 0.15) is 11.7 Å². The van der Waals surface area contributed by atoms with Gasteiger partial charge in [-0.05, 0) is 36.6 Å². The molecule has 1 saturated heterocycles. The maximum Gasteiger partial charge on any atom is 0.271 e. The summed E-state index contributed by atoms with van der Waals surface area (Å²) in [6, 6.07) is 7.01. The Labute approximate surface area is 140 Å². The number of rotatable bonds is 3. The van der Waals surface area contributed by atoms with Crippen LogP contribution in [0.5, 0.6) is 0 Å². The molecule has 1 unspecified atom stereocenters. The molecule has 0 aromatic carbocycles. The molecule has 6 nitrogen and oxygen atoms in total. The lowest BCUT2D eigenvalue weighted by molar-refractivity contribution is -0.136. The van der Waals surface area contributed by atoms with E-state index in [1.54, 1.807) is 17.3 Å². The zero-order valence-electron chi connectivity index (χ0n) is 13.5. The number of carbonyl (C=O) groups is 2. The summed E-state index contributed by atoms with van der Waals surface area (Å²) in [7, 11) is 0. The molecule has 2 aliphatic rings. The maximum atomic E-state index is 13.0. The number of fused-ring (bicyclic) bond motifs is 1. The third-order valence-electron chi connectivity index (χ3n) is 4.83. The number of hydrogen-bond donors (Lipinski definition) is 0. The molecule has 0 radical (unpaired) electrons. The Morgan fingerprint density at radius 2 is 2.04 bits per heavy atom. The van der Waals surface area contributed by atoms with Gasteiger partial charge in [-0.3, -0.25) is 14.6 Å². The number of nitrogens with zero attached hydrogens (tertiary/aromatic N) is 4. The summed E-state index contributed by atoms with van der Waals surface area (Å²) in [5.41, 5.74) is 1.58. The fourth-order valence-corrected chi connectivity index (χ4v) is 3.57. The van der Waals surface area contributed by atoms with Crippen LogP contribution in [0.2, 0.25) is 0 Å². The van der Waals surface area contributed by atoms with Crippen molar-refractivity contribution >= 4 is 11.8 Å². The van der Waals surface area contributed by atoms with Crippen LogP contribution in [0, 0.1) is 0 Å². The third-order valence-corrected chi connectivity index (χ3v) is 4.83. The number of aromatic nitrogens is 2. The summed E-state index contributed by atoms with van der Waals surface area (Å²) in [6.45, 7) is 2.51. The molecule has 6 heteroatoms. The third kappa shape index (κ3) is 2.58.